The molecule has 0 bridgehead atoms. The third-order valence-electron chi connectivity index (χ3n) is 9.14. The predicted octanol–water partition coefficient (Wildman–Crippen LogP) is 9.47. The van der Waals surface area contributed by atoms with Crippen LogP contribution in [0.15, 0.2) is 0 Å². The molecule has 2 amide bonds. The summed E-state index contributed by atoms with van der Waals surface area (Å²) in [6.07, 6.45) is 16.3. The van der Waals surface area contributed by atoms with Crippen molar-refractivity contribution in [2.75, 3.05) is 19.8 Å². The highest BCUT2D eigenvalue weighted by atomic mass is 16.5. The van der Waals surface area contributed by atoms with Gasteiger partial charge in [-0.05, 0) is 58.3 Å². The molecule has 0 aromatic rings. The Morgan fingerprint density at radius 1 is 0.700 bits per heavy atom. The van der Waals surface area contributed by atoms with Crippen LogP contribution in [0, 0.1) is 10.8 Å². The van der Waals surface area contributed by atoms with Gasteiger partial charge in [0.25, 0.3) is 0 Å². The van der Waals surface area contributed by atoms with Gasteiger partial charge in [-0.3, -0.25) is 9.59 Å². The summed E-state index contributed by atoms with van der Waals surface area (Å²) in [6.45, 7) is 25.9. The van der Waals surface area contributed by atoms with E-state index in [-0.39, 0.29) is 28.3 Å². The lowest BCUT2D eigenvalue weighted by Crippen LogP contribution is -2.63. The summed E-state index contributed by atoms with van der Waals surface area (Å²) < 4.78 is 5.34. The Hall–Kier alpha value is -1.10. The molecule has 0 aromatic carbocycles. The molecule has 0 saturated carbocycles. The molecule has 0 aliphatic rings. The lowest BCUT2D eigenvalue weighted by Gasteiger charge is -2.55. The third kappa shape index (κ3) is 13.7. The van der Waals surface area contributed by atoms with Crippen molar-refractivity contribution in [3.8, 4) is 0 Å². The molecule has 1 N–H and O–H groups in total. The molecule has 5 nitrogen and oxygen atoms in total. The predicted molar refractivity (Wildman–Crippen MR) is 173 cm³/mol. The highest BCUT2D eigenvalue weighted by molar-refractivity contribution is 5.83. The Morgan fingerprint density at radius 2 is 1.20 bits per heavy atom. The van der Waals surface area contributed by atoms with E-state index in [2.05, 4.69) is 79.5 Å². The lowest BCUT2D eigenvalue weighted by atomic mass is 9.71. The molecule has 1 atom stereocenters. The summed E-state index contributed by atoms with van der Waals surface area (Å²) in [5.74, 6) is 0.292. The van der Waals surface area contributed by atoms with Crippen LogP contribution in [0.25, 0.3) is 0 Å². The first-order valence-corrected chi connectivity index (χ1v) is 16.9. The zero-order chi connectivity index (χ0) is 30.9. The SMILES string of the molecule is CCCCCCCC(C)(CCCCCC)N(C(=O)C(C)(C)CC(C)(C)CNC(=O)CCOCC)C(C)(CC)CC. The molecule has 0 aliphatic heterocycles. The molecule has 1 unspecified atom stereocenters. The monoisotopic (exact) mass is 567 g/mol. The first-order valence-electron chi connectivity index (χ1n) is 16.9. The van der Waals surface area contributed by atoms with Gasteiger partial charge in [-0.15, -0.1) is 0 Å². The summed E-state index contributed by atoms with van der Waals surface area (Å²) in [5, 5.41) is 3.10. The number of unbranched alkanes of at least 4 members (excludes halogenated alkanes) is 7. The van der Waals surface area contributed by atoms with Crippen LogP contribution in [-0.2, 0) is 14.3 Å². The smallest absolute Gasteiger partial charge is 0.229 e. The van der Waals surface area contributed by atoms with E-state index in [0.29, 0.717) is 32.6 Å². The van der Waals surface area contributed by atoms with Gasteiger partial charge >= 0.3 is 0 Å². The largest absolute Gasteiger partial charge is 0.381 e. The van der Waals surface area contributed by atoms with E-state index in [1.165, 1.54) is 57.8 Å². The van der Waals surface area contributed by atoms with Crippen LogP contribution >= 0.6 is 0 Å². The van der Waals surface area contributed by atoms with Crippen LogP contribution in [-0.4, -0.2) is 47.6 Å². The van der Waals surface area contributed by atoms with E-state index < -0.39 is 5.41 Å². The number of amides is 2. The number of hydrogen-bond donors (Lipinski definition) is 1. The Bertz CT molecular complexity index is 699. The van der Waals surface area contributed by atoms with Crippen LogP contribution in [0.1, 0.15) is 172 Å². The number of nitrogens with zero attached hydrogens (tertiary/aromatic N) is 1. The maximum absolute atomic E-state index is 14.8. The van der Waals surface area contributed by atoms with Crippen LogP contribution in [0.4, 0.5) is 0 Å². The van der Waals surface area contributed by atoms with Crippen molar-refractivity contribution in [1.82, 2.24) is 10.2 Å². The molecule has 5 heteroatoms. The number of carbonyl (C=O) groups excluding carboxylic acids is 2. The fourth-order valence-corrected chi connectivity index (χ4v) is 6.47. The molecule has 0 aromatic heterocycles. The molecule has 0 heterocycles. The average molecular weight is 567 g/mol. The molecule has 40 heavy (non-hydrogen) atoms. The number of carbonyl (C=O) groups is 2. The standard InChI is InChI=1S/C35H70N2O3/c1-12-17-19-21-23-26-35(11,25-22-20-18-13-2)37(34(10,14-3)15-4)31(39)33(8,9)28-32(6,7)29-36-30(38)24-27-40-16-5/h12-29H2,1-11H3,(H,36,38). The fraction of sp³-hybridized carbons (Fsp3) is 0.943. The summed E-state index contributed by atoms with van der Waals surface area (Å²) >= 11 is 0. The van der Waals surface area contributed by atoms with E-state index in [1.807, 2.05) is 6.92 Å². The van der Waals surface area contributed by atoms with E-state index in [4.69, 9.17) is 4.74 Å². The molecular weight excluding hydrogens is 496 g/mol. The lowest BCUT2D eigenvalue weighted by molar-refractivity contribution is -0.160. The molecular formula is C35H70N2O3. The van der Waals surface area contributed by atoms with Crippen molar-refractivity contribution >= 4 is 11.8 Å². The molecule has 0 rings (SSSR count). The zero-order valence-corrected chi connectivity index (χ0v) is 28.9. The van der Waals surface area contributed by atoms with E-state index in [1.54, 1.807) is 0 Å². The third-order valence-corrected chi connectivity index (χ3v) is 9.14. The molecule has 0 aliphatic carbocycles. The maximum Gasteiger partial charge on any atom is 0.229 e. The second kappa shape index (κ2) is 19.2. The van der Waals surface area contributed by atoms with Crippen molar-refractivity contribution in [2.45, 2.75) is 184 Å². The van der Waals surface area contributed by atoms with Crippen LogP contribution in [0.2, 0.25) is 0 Å². The Balaban J connectivity index is 6.04. The summed E-state index contributed by atoms with van der Waals surface area (Å²) in [5.41, 5.74) is -1.10. The highest BCUT2D eigenvalue weighted by Crippen LogP contribution is 2.44. The van der Waals surface area contributed by atoms with Gasteiger partial charge in [-0.25, -0.2) is 0 Å². The van der Waals surface area contributed by atoms with Gasteiger partial charge in [0, 0.05) is 36.1 Å². The van der Waals surface area contributed by atoms with Crippen molar-refractivity contribution in [1.29, 1.82) is 0 Å². The Kier molecular flexibility index (Phi) is 18.6. The number of rotatable bonds is 24. The van der Waals surface area contributed by atoms with Gasteiger partial charge in [0.05, 0.1) is 6.61 Å². The van der Waals surface area contributed by atoms with Crippen molar-refractivity contribution in [3.05, 3.63) is 0 Å². The van der Waals surface area contributed by atoms with E-state index in [0.717, 1.165) is 25.7 Å². The van der Waals surface area contributed by atoms with Crippen LogP contribution < -0.4 is 5.32 Å². The number of nitrogens with one attached hydrogen (secondary N) is 1. The minimum Gasteiger partial charge on any atom is -0.381 e. The minimum atomic E-state index is -0.544. The topological polar surface area (TPSA) is 58.6 Å². The first kappa shape index (κ1) is 38.9. The van der Waals surface area contributed by atoms with Gasteiger partial charge in [0.1, 0.15) is 0 Å². The molecule has 238 valence electrons. The molecule has 0 fully saturated rings. The van der Waals surface area contributed by atoms with Crippen LogP contribution in [0.3, 0.4) is 0 Å². The van der Waals surface area contributed by atoms with Crippen molar-refractivity contribution in [2.24, 2.45) is 10.8 Å². The van der Waals surface area contributed by atoms with E-state index in [9.17, 15) is 9.59 Å². The molecule has 0 radical (unpaired) electrons. The van der Waals surface area contributed by atoms with Crippen LogP contribution in [0.5, 0.6) is 0 Å². The van der Waals surface area contributed by atoms with Crippen molar-refractivity contribution in [3.63, 3.8) is 0 Å². The summed E-state index contributed by atoms with van der Waals surface area (Å²) in [6, 6.07) is 0. The van der Waals surface area contributed by atoms with Gasteiger partial charge in [-0.1, -0.05) is 113 Å². The van der Waals surface area contributed by atoms with Crippen molar-refractivity contribution < 1.29 is 14.3 Å². The summed E-state index contributed by atoms with van der Waals surface area (Å²) in [4.78, 5) is 29.5. The van der Waals surface area contributed by atoms with Gasteiger partial charge in [-0.2, -0.15) is 0 Å². The highest BCUT2D eigenvalue weighted by Gasteiger charge is 2.49. The van der Waals surface area contributed by atoms with E-state index >= 15 is 0 Å². The summed E-state index contributed by atoms with van der Waals surface area (Å²) in [7, 11) is 0. The zero-order valence-electron chi connectivity index (χ0n) is 28.9. The second-order valence-electron chi connectivity index (χ2n) is 14.3. The van der Waals surface area contributed by atoms with Gasteiger partial charge in [0.15, 0.2) is 0 Å². The molecule has 0 saturated heterocycles. The number of ether oxygens (including phenoxy) is 1. The van der Waals surface area contributed by atoms with Gasteiger partial charge in [0.2, 0.25) is 11.8 Å². The first-order chi connectivity index (χ1) is 18.7. The van der Waals surface area contributed by atoms with Gasteiger partial charge < -0.3 is 15.0 Å². The normalized spacial score (nSPS) is 14.2. The maximum atomic E-state index is 14.8. The molecule has 0 spiro atoms. The number of hydrogen-bond acceptors (Lipinski definition) is 3. The average Bonchev–Trinajstić information content (AvgIpc) is 2.89. The fourth-order valence-electron chi connectivity index (χ4n) is 6.47. The Labute approximate surface area is 250 Å². The second-order valence-corrected chi connectivity index (χ2v) is 14.3. The quantitative estimate of drug-likeness (QED) is 0.118. The minimum absolute atomic E-state index is 0.0135. The Morgan fingerprint density at radius 3 is 1.68 bits per heavy atom.